The molecule has 2 N–H and O–H groups in total. The van der Waals surface area contributed by atoms with Gasteiger partial charge in [0.05, 0.1) is 11.9 Å². The lowest BCUT2D eigenvalue weighted by molar-refractivity contribution is -0.157. The molecule has 0 fully saturated rings. The van der Waals surface area contributed by atoms with E-state index in [0.717, 1.165) is 0 Å². The predicted octanol–water partition coefficient (Wildman–Crippen LogP) is 2.05. The molecule has 1 unspecified atom stereocenters. The topological polar surface area (TPSA) is 61.7 Å². The third-order valence-corrected chi connectivity index (χ3v) is 2.00. The summed E-state index contributed by atoms with van der Waals surface area (Å²) in [5, 5.41) is 10.8. The molecular formula is C9H9F3N2O2. The summed E-state index contributed by atoms with van der Waals surface area (Å²) in [6.07, 6.45) is -4.60. The van der Waals surface area contributed by atoms with E-state index in [4.69, 9.17) is 5.11 Å². The van der Waals surface area contributed by atoms with Crippen molar-refractivity contribution < 1.29 is 18.3 Å². The zero-order valence-corrected chi connectivity index (χ0v) is 8.03. The summed E-state index contributed by atoms with van der Waals surface area (Å²) in [6, 6.07) is 2.93. The van der Waals surface area contributed by atoms with Crippen molar-refractivity contribution in [3.63, 3.8) is 0 Å². The van der Waals surface area contributed by atoms with Crippen molar-refractivity contribution in [1.29, 1.82) is 0 Å². The van der Waals surface area contributed by atoms with Crippen molar-refractivity contribution in [2.24, 2.45) is 5.29 Å². The number of nitrogens with one attached hydrogen (secondary N) is 1. The molecule has 0 aliphatic carbocycles. The first-order valence-electron chi connectivity index (χ1n) is 4.33. The lowest BCUT2D eigenvalue weighted by Crippen LogP contribution is -2.30. The second-order valence-corrected chi connectivity index (χ2v) is 3.09. The zero-order valence-electron chi connectivity index (χ0n) is 8.03. The SMILES string of the molecule is O=NNC(c1ccc(CO)cc1)C(F)(F)F. The Labute approximate surface area is 89.0 Å². The second kappa shape index (κ2) is 4.93. The van der Waals surface area contributed by atoms with E-state index in [1.165, 1.54) is 29.7 Å². The minimum Gasteiger partial charge on any atom is -0.392 e. The van der Waals surface area contributed by atoms with Gasteiger partial charge < -0.3 is 5.11 Å². The molecule has 1 atom stereocenters. The van der Waals surface area contributed by atoms with Gasteiger partial charge in [0.1, 0.15) is 0 Å². The van der Waals surface area contributed by atoms with Crippen LogP contribution in [0.5, 0.6) is 0 Å². The minimum atomic E-state index is -4.60. The largest absolute Gasteiger partial charge is 0.414 e. The highest BCUT2D eigenvalue weighted by Gasteiger charge is 2.41. The van der Waals surface area contributed by atoms with Crippen molar-refractivity contribution >= 4 is 0 Å². The number of nitroso groups, excluding NO2 is 1. The lowest BCUT2D eigenvalue weighted by atomic mass is 10.1. The summed E-state index contributed by atoms with van der Waals surface area (Å²) in [4.78, 5) is 9.86. The van der Waals surface area contributed by atoms with Crippen LogP contribution in [0.1, 0.15) is 17.2 Å². The number of nitrogens with zero attached hydrogens (tertiary/aromatic N) is 1. The number of hydrogen-bond acceptors (Lipinski definition) is 3. The van der Waals surface area contributed by atoms with Crippen LogP contribution in [0.2, 0.25) is 0 Å². The average molecular weight is 234 g/mol. The monoisotopic (exact) mass is 234 g/mol. The average Bonchev–Trinajstić information content (AvgIpc) is 2.25. The summed E-state index contributed by atoms with van der Waals surface area (Å²) in [5.41, 5.74) is 1.81. The normalized spacial score (nSPS) is 13.2. The smallest absolute Gasteiger partial charge is 0.392 e. The van der Waals surface area contributed by atoms with Gasteiger partial charge in [0.2, 0.25) is 0 Å². The number of aliphatic hydroxyl groups is 1. The fourth-order valence-corrected chi connectivity index (χ4v) is 1.20. The molecule has 0 saturated heterocycles. The van der Waals surface area contributed by atoms with Gasteiger partial charge in [-0.15, -0.1) is 4.91 Å². The first-order chi connectivity index (χ1) is 7.49. The Bertz CT molecular complexity index is 351. The maximum Gasteiger partial charge on any atom is 0.414 e. The van der Waals surface area contributed by atoms with Crippen LogP contribution in [-0.4, -0.2) is 11.3 Å². The van der Waals surface area contributed by atoms with E-state index >= 15 is 0 Å². The van der Waals surface area contributed by atoms with Crippen LogP contribution < -0.4 is 5.43 Å². The molecule has 0 heterocycles. The van der Waals surface area contributed by atoms with Crippen LogP contribution in [-0.2, 0) is 6.61 Å². The van der Waals surface area contributed by atoms with E-state index in [1.54, 1.807) is 0 Å². The summed E-state index contributed by atoms with van der Waals surface area (Å²) in [5.74, 6) is 0. The van der Waals surface area contributed by atoms with Gasteiger partial charge in [-0.25, -0.2) is 0 Å². The molecule has 1 aromatic rings. The fourth-order valence-electron chi connectivity index (χ4n) is 1.20. The van der Waals surface area contributed by atoms with Gasteiger partial charge in [-0.3, -0.25) is 5.43 Å². The molecule has 0 bridgehead atoms. The second-order valence-electron chi connectivity index (χ2n) is 3.09. The summed E-state index contributed by atoms with van der Waals surface area (Å²) < 4.78 is 37.4. The van der Waals surface area contributed by atoms with Crippen LogP contribution >= 0.6 is 0 Å². The van der Waals surface area contributed by atoms with Crippen LogP contribution in [0.25, 0.3) is 0 Å². The van der Waals surface area contributed by atoms with Gasteiger partial charge in [0.25, 0.3) is 0 Å². The van der Waals surface area contributed by atoms with E-state index in [-0.39, 0.29) is 12.2 Å². The van der Waals surface area contributed by atoms with Crippen molar-refractivity contribution in [1.82, 2.24) is 5.43 Å². The zero-order chi connectivity index (χ0) is 12.2. The van der Waals surface area contributed by atoms with Gasteiger partial charge in [0.15, 0.2) is 6.04 Å². The number of benzene rings is 1. The lowest BCUT2D eigenvalue weighted by Gasteiger charge is -2.18. The maximum absolute atomic E-state index is 12.5. The molecule has 1 aromatic carbocycles. The van der Waals surface area contributed by atoms with Crippen molar-refractivity contribution in [2.75, 3.05) is 0 Å². The Morgan fingerprint density at radius 3 is 2.25 bits per heavy atom. The maximum atomic E-state index is 12.5. The third-order valence-electron chi connectivity index (χ3n) is 2.00. The molecular weight excluding hydrogens is 225 g/mol. The number of rotatable bonds is 4. The fraction of sp³-hybridized carbons (Fsp3) is 0.333. The minimum absolute atomic E-state index is 0.135. The van der Waals surface area contributed by atoms with E-state index in [0.29, 0.717) is 5.56 Å². The first-order valence-corrected chi connectivity index (χ1v) is 4.33. The predicted molar refractivity (Wildman–Crippen MR) is 50.1 cm³/mol. The number of aliphatic hydroxyl groups excluding tert-OH is 1. The quantitative estimate of drug-likeness (QED) is 0.619. The Balaban J connectivity index is 2.97. The molecule has 1 rings (SSSR count). The van der Waals surface area contributed by atoms with E-state index in [9.17, 15) is 18.1 Å². The molecule has 0 aliphatic rings. The highest BCUT2D eigenvalue weighted by atomic mass is 19.4. The molecule has 0 amide bonds. The molecule has 0 aromatic heterocycles. The molecule has 88 valence electrons. The number of hydrogen-bond donors (Lipinski definition) is 2. The van der Waals surface area contributed by atoms with Crippen molar-refractivity contribution in [3.05, 3.63) is 40.3 Å². The summed E-state index contributed by atoms with van der Waals surface area (Å²) >= 11 is 0. The molecule has 0 aliphatic heterocycles. The summed E-state index contributed by atoms with van der Waals surface area (Å²) in [7, 11) is 0. The molecule has 0 spiro atoms. The Hall–Kier alpha value is -1.63. The molecule has 0 saturated carbocycles. The van der Waals surface area contributed by atoms with Crippen molar-refractivity contribution in [2.45, 2.75) is 18.8 Å². The standard InChI is InChI=1S/C9H9F3N2O2/c10-9(11,12)8(13-14-16)7-3-1-6(5-15)2-4-7/h1-4,8,15H,5H2,(H,13,16). The Morgan fingerprint density at radius 1 is 1.31 bits per heavy atom. The van der Waals surface area contributed by atoms with Gasteiger partial charge in [-0.2, -0.15) is 13.2 Å². The van der Waals surface area contributed by atoms with E-state index in [1.807, 2.05) is 0 Å². The summed E-state index contributed by atoms with van der Waals surface area (Å²) in [6.45, 7) is -0.254. The van der Waals surface area contributed by atoms with Gasteiger partial charge in [-0.1, -0.05) is 24.3 Å². The molecule has 7 heteroatoms. The number of halogens is 3. The Morgan fingerprint density at radius 2 is 1.88 bits per heavy atom. The van der Waals surface area contributed by atoms with Crippen LogP contribution in [0.15, 0.2) is 29.6 Å². The highest BCUT2D eigenvalue weighted by Crippen LogP contribution is 2.32. The van der Waals surface area contributed by atoms with E-state index < -0.39 is 12.2 Å². The van der Waals surface area contributed by atoms with Crippen LogP contribution in [0, 0.1) is 4.91 Å². The van der Waals surface area contributed by atoms with Crippen LogP contribution in [0.3, 0.4) is 0 Å². The van der Waals surface area contributed by atoms with Crippen molar-refractivity contribution in [3.8, 4) is 0 Å². The van der Waals surface area contributed by atoms with Gasteiger partial charge >= 0.3 is 6.18 Å². The third kappa shape index (κ3) is 2.93. The molecule has 4 nitrogen and oxygen atoms in total. The van der Waals surface area contributed by atoms with Gasteiger partial charge in [0, 0.05) is 0 Å². The Kier molecular flexibility index (Phi) is 3.83. The van der Waals surface area contributed by atoms with Gasteiger partial charge in [-0.05, 0) is 11.1 Å². The first kappa shape index (κ1) is 12.4. The molecule has 0 radical (unpaired) electrons. The highest BCUT2D eigenvalue weighted by molar-refractivity contribution is 5.25. The number of alkyl halides is 3. The van der Waals surface area contributed by atoms with E-state index in [2.05, 4.69) is 5.29 Å². The van der Waals surface area contributed by atoms with Crippen LogP contribution in [0.4, 0.5) is 13.2 Å². The molecule has 16 heavy (non-hydrogen) atoms.